The van der Waals surface area contributed by atoms with Crippen molar-refractivity contribution < 1.29 is 9.47 Å². The normalized spacial score (nSPS) is 21.5. The van der Waals surface area contributed by atoms with E-state index in [1.807, 2.05) is 18.2 Å². The molecule has 2 N–H and O–H groups in total. The fourth-order valence-corrected chi connectivity index (χ4v) is 3.03. The number of anilines is 1. The Kier molecular flexibility index (Phi) is 5.67. The smallest absolute Gasteiger partial charge is 0.171 e. The van der Waals surface area contributed by atoms with Gasteiger partial charge in [-0.2, -0.15) is 0 Å². The minimum atomic E-state index is 0.454. The van der Waals surface area contributed by atoms with E-state index in [9.17, 15) is 0 Å². The van der Waals surface area contributed by atoms with Gasteiger partial charge < -0.3 is 20.1 Å². The molecule has 21 heavy (non-hydrogen) atoms. The van der Waals surface area contributed by atoms with Crippen LogP contribution in [0.4, 0.5) is 5.69 Å². The van der Waals surface area contributed by atoms with E-state index in [-0.39, 0.29) is 0 Å². The molecule has 0 bridgehead atoms. The van der Waals surface area contributed by atoms with Crippen LogP contribution < -0.4 is 20.1 Å². The minimum Gasteiger partial charge on any atom is -0.497 e. The molecule has 1 fully saturated rings. The lowest BCUT2D eigenvalue weighted by atomic mass is 9.86. The van der Waals surface area contributed by atoms with Crippen LogP contribution in [0.5, 0.6) is 11.5 Å². The molecule has 0 saturated heterocycles. The van der Waals surface area contributed by atoms with Gasteiger partial charge in [-0.1, -0.05) is 19.8 Å². The summed E-state index contributed by atoms with van der Waals surface area (Å²) in [5, 5.41) is 7.29. The number of ether oxygens (including phenoxy) is 2. The summed E-state index contributed by atoms with van der Waals surface area (Å²) in [6.45, 7) is 2.28. The SMILES string of the molecule is COc1ccc(OC)c(NC(=S)N[C@@H]2CCCC[C@@H]2C)c1. The summed E-state index contributed by atoms with van der Waals surface area (Å²) in [5.74, 6) is 2.18. The number of rotatable bonds is 4. The Bertz CT molecular complexity index is 493. The molecule has 0 radical (unpaired) electrons. The maximum atomic E-state index is 5.44. The highest BCUT2D eigenvalue weighted by Crippen LogP contribution is 2.29. The highest BCUT2D eigenvalue weighted by molar-refractivity contribution is 7.80. The molecule has 0 aromatic heterocycles. The molecule has 2 atom stereocenters. The number of benzene rings is 1. The maximum absolute atomic E-state index is 5.44. The summed E-state index contributed by atoms with van der Waals surface area (Å²) in [6.07, 6.45) is 5.04. The Morgan fingerprint density at radius 1 is 1.19 bits per heavy atom. The summed E-state index contributed by atoms with van der Waals surface area (Å²) in [4.78, 5) is 0. The van der Waals surface area contributed by atoms with Crippen molar-refractivity contribution in [2.24, 2.45) is 5.92 Å². The number of nitrogens with one attached hydrogen (secondary N) is 2. The zero-order chi connectivity index (χ0) is 15.2. The van der Waals surface area contributed by atoms with Gasteiger partial charge >= 0.3 is 0 Å². The van der Waals surface area contributed by atoms with Gasteiger partial charge in [0.05, 0.1) is 19.9 Å². The van der Waals surface area contributed by atoms with Gasteiger partial charge in [0.2, 0.25) is 0 Å². The molecular formula is C16H24N2O2S. The average molecular weight is 308 g/mol. The first kappa shape index (κ1) is 15.9. The van der Waals surface area contributed by atoms with Gasteiger partial charge in [0.15, 0.2) is 5.11 Å². The van der Waals surface area contributed by atoms with Crippen molar-refractivity contribution in [3.05, 3.63) is 18.2 Å². The van der Waals surface area contributed by atoms with Gasteiger partial charge in [0.1, 0.15) is 11.5 Å². The van der Waals surface area contributed by atoms with Crippen LogP contribution in [-0.4, -0.2) is 25.4 Å². The predicted molar refractivity (Wildman–Crippen MR) is 90.3 cm³/mol. The predicted octanol–water partition coefficient (Wildman–Crippen LogP) is 3.57. The van der Waals surface area contributed by atoms with Crippen LogP contribution in [0.25, 0.3) is 0 Å². The molecule has 1 aliphatic rings. The number of thiocarbonyl (C=S) groups is 1. The molecule has 0 unspecified atom stereocenters. The first-order valence-corrected chi connectivity index (χ1v) is 7.84. The monoisotopic (exact) mass is 308 g/mol. The van der Waals surface area contributed by atoms with Gasteiger partial charge in [0.25, 0.3) is 0 Å². The molecule has 1 aromatic rings. The Balaban J connectivity index is 2.01. The lowest BCUT2D eigenvalue weighted by Crippen LogP contribution is -2.43. The van der Waals surface area contributed by atoms with E-state index in [2.05, 4.69) is 17.6 Å². The van der Waals surface area contributed by atoms with Crippen LogP contribution in [-0.2, 0) is 0 Å². The van der Waals surface area contributed by atoms with Gasteiger partial charge in [-0.3, -0.25) is 0 Å². The van der Waals surface area contributed by atoms with Crippen molar-refractivity contribution >= 4 is 23.0 Å². The molecule has 0 spiro atoms. The van der Waals surface area contributed by atoms with Gasteiger partial charge in [-0.15, -0.1) is 0 Å². The lowest BCUT2D eigenvalue weighted by molar-refractivity contribution is 0.309. The van der Waals surface area contributed by atoms with Gasteiger partial charge in [0, 0.05) is 12.1 Å². The van der Waals surface area contributed by atoms with E-state index in [1.165, 1.54) is 25.7 Å². The molecule has 5 heteroatoms. The summed E-state index contributed by atoms with van der Waals surface area (Å²) >= 11 is 5.44. The molecule has 0 aliphatic heterocycles. The molecule has 1 aromatic carbocycles. The number of hydrogen-bond donors (Lipinski definition) is 2. The average Bonchev–Trinajstić information content (AvgIpc) is 2.49. The minimum absolute atomic E-state index is 0.454. The molecule has 4 nitrogen and oxygen atoms in total. The Hall–Kier alpha value is -1.49. The van der Waals surface area contributed by atoms with Crippen LogP contribution in [0.3, 0.4) is 0 Å². The highest BCUT2D eigenvalue weighted by Gasteiger charge is 2.21. The zero-order valence-electron chi connectivity index (χ0n) is 12.9. The Morgan fingerprint density at radius 3 is 2.62 bits per heavy atom. The third-order valence-electron chi connectivity index (χ3n) is 4.08. The van der Waals surface area contributed by atoms with Crippen LogP contribution in [0.1, 0.15) is 32.6 Å². The first-order valence-electron chi connectivity index (χ1n) is 7.43. The third-order valence-corrected chi connectivity index (χ3v) is 4.30. The van der Waals surface area contributed by atoms with E-state index < -0.39 is 0 Å². The van der Waals surface area contributed by atoms with E-state index in [0.29, 0.717) is 17.1 Å². The summed E-state index contributed by atoms with van der Waals surface area (Å²) in [6, 6.07) is 6.07. The van der Waals surface area contributed by atoms with Crippen LogP contribution >= 0.6 is 12.2 Å². The second-order valence-electron chi connectivity index (χ2n) is 5.53. The standard InChI is InChI=1S/C16H24N2O2S/c1-11-6-4-5-7-13(11)17-16(21)18-14-10-12(19-2)8-9-15(14)20-3/h8-11,13H,4-7H2,1-3H3,(H2,17,18,21)/t11-,13+/m0/s1. The van der Waals surface area contributed by atoms with Gasteiger partial charge in [-0.05, 0) is 43.1 Å². The van der Waals surface area contributed by atoms with Crippen molar-refractivity contribution in [3.8, 4) is 11.5 Å². The topological polar surface area (TPSA) is 42.5 Å². The summed E-state index contributed by atoms with van der Waals surface area (Å²) in [7, 11) is 3.29. The molecule has 2 rings (SSSR count). The van der Waals surface area contributed by atoms with E-state index in [1.54, 1.807) is 14.2 Å². The van der Waals surface area contributed by atoms with Crippen LogP contribution in [0.15, 0.2) is 18.2 Å². The second-order valence-corrected chi connectivity index (χ2v) is 5.94. The first-order chi connectivity index (χ1) is 10.1. The zero-order valence-corrected chi connectivity index (χ0v) is 13.8. The second kappa shape index (κ2) is 7.50. The van der Waals surface area contributed by atoms with E-state index >= 15 is 0 Å². The van der Waals surface area contributed by atoms with Crippen molar-refractivity contribution in [3.63, 3.8) is 0 Å². The molecule has 0 amide bonds. The summed E-state index contributed by atoms with van der Waals surface area (Å²) < 4.78 is 10.6. The lowest BCUT2D eigenvalue weighted by Gasteiger charge is -2.30. The third kappa shape index (κ3) is 4.24. The molecule has 1 aliphatic carbocycles. The molecule has 1 saturated carbocycles. The number of methoxy groups -OCH3 is 2. The van der Waals surface area contributed by atoms with Crippen molar-refractivity contribution in [1.82, 2.24) is 5.32 Å². The van der Waals surface area contributed by atoms with Crippen LogP contribution in [0.2, 0.25) is 0 Å². The molecule has 116 valence electrons. The molecular weight excluding hydrogens is 284 g/mol. The van der Waals surface area contributed by atoms with Crippen LogP contribution in [0, 0.1) is 5.92 Å². The quantitative estimate of drug-likeness (QED) is 0.832. The van der Waals surface area contributed by atoms with Gasteiger partial charge in [-0.25, -0.2) is 0 Å². The van der Waals surface area contributed by atoms with Crippen molar-refractivity contribution in [2.75, 3.05) is 19.5 Å². The molecule has 0 heterocycles. The highest BCUT2D eigenvalue weighted by atomic mass is 32.1. The fourth-order valence-electron chi connectivity index (χ4n) is 2.77. The van der Waals surface area contributed by atoms with Crippen molar-refractivity contribution in [1.29, 1.82) is 0 Å². The van der Waals surface area contributed by atoms with E-state index in [4.69, 9.17) is 21.7 Å². The fraction of sp³-hybridized carbons (Fsp3) is 0.562. The van der Waals surface area contributed by atoms with Crippen molar-refractivity contribution in [2.45, 2.75) is 38.6 Å². The Morgan fingerprint density at radius 2 is 1.95 bits per heavy atom. The van der Waals surface area contributed by atoms with E-state index in [0.717, 1.165) is 17.2 Å². The number of hydrogen-bond acceptors (Lipinski definition) is 3. The maximum Gasteiger partial charge on any atom is 0.171 e. The Labute approximate surface area is 132 Å². The summed E-state index contributed by atoms with van der Waals surface area (Å²) in [5.41, 5.74) is 0.817. The largest absolute Gasteiger partial charge is 0.497 e.